The zero-order valence-corrected chi connectivity index (χ0v) is 18.8. The zero-order valence-electron chi connectivity index (χ0n) is 18.8. The molecule has 2 amide bonds. The van der Waals surface area contributed by atoms with Crippen LogP contribution in [0.4, 0.5) is 5.69 Å². The van der Waals surface area contributed by atoms with Gasteiger partial charge in [0.1, 0.15) is 5.75 Å². The van der Waals surface area contributed by atoms with Gasteiger partial charge in [-0.15, -0.1) is 0 Å². The van der Waals surface area contributed by atoms with Crippen molar-refractivity contribution in [1.82, 2.24) is 5.32 Å². The van der Waals surface area contributed by atoms with Crippen LogP contribution in [0.5, 0.6) is 5.75 Å². The first-order valence-electron chi connectivity index (χ1n) is 11.3. The molecule has 166 valence electrons. The summed E-state index contributed by atoms with van der Waals surface area (Å²) in [6, 6.07) is 15.2. The molecule has 0 aromatic heterocycles. The highest BCUT2D eigenvalue weighted by atomic mass is 16.5. The lowest BCUT2D eigenvalue weighted by atomic mass is 10.1. The number of anilines is 1. The molecule has 0 fully saturated rings. The van der Waals surface area contributed by atoms with Crippen LogP contribution in [0.2, 0.25) is 0 Å². The van der Waals surface area contributed by atoms with Crippen LogP contribution in [0.1, 0.15) is 49.5 Å². The van der Waals surface area contributed by atoms with E-state index in [-0.39, 0.29) is 24.5 Å². The molecule has 1 heterocycles. The monoisotopic (exact) mass is 424 g/mol. The van der Waals surface area contributed by atoms with Crippen LogP contribution < -0.4 is 19.9 Å². The van der Waals surface area contributed by atoms with Gasteiger partial charge in [-0.3, -0.25) is 9.59 Å². The molecule has 3 rings (SSSR count). The van der Waals surface area contributed by atoms with Crippen LogP contribution in [0, 0.1) is 0 Å². The Morgan fingerprint density at radius 2 is 1.84 bits per heavy atom. The molecule has 2 N–H and O–H groups in total. The first-order chi connectivity index (χ1) is 15.0. The summed E-state index contributed by atoms with van der Waals surface area (Å²) in [6.45, 7) is 10.4. The first-order valence-corrected chi connectivity index (χ1v) is 11.3. The van der Waals surface area contributed by atoms with Crippen molar-refractivity contribution in [2.45, 2.75) is 46.2 Å². The molecular formula is C25H34N3O3+. The Balaban J connectivity index is 1.54. The molecule has 0 bridgehead atoms. The Kier molecular flexibility index (Phi) is 8.06. The van der Waals surface area contributed by atoms with E-state index in [0.29, 0.717) is 12.1 Å². The number of benzene rings is 2. The van der Waals surface area contributed by atoms with Crippen LogP contribution >= 0.6 is 0 Å². The van der Waals surface area contributed by atoms with E-state index in [2.05, 4.69) is 26.1 Å². The summed E-state index contributed by atoms with van der Waals surface area (Å²) in [5.74, 6) is 0.595. The average molecular weight is 425 g/mol. The van der Waals surface area contributed by atoms with Crippen molar-refractivity contribution in [1.29, 1.82) is 0 Å². The number of nitrogens with one attached hydrogen (secondary N) is 2. The molecule has 2 aromatic rings. The summed E-state index contributed by atoms with van der Waals surface area (Å²) >= 11 is 0. The number of hydrogen-bond acceptors (Lipinski definition) is 3. The van der Waals surface area contributed by atoms with E-state index >= 15 is 0 Å². The molecule has 1 aliphatic rings. The van der Waals surface area contributed by atoms with Crippen molar-refractivity contribution in [3.8, 4) is 5.75 Å². The van der Waals surface area contributed by atoms with Crippen molar-refractivity contribution in [3.63, 3.8) is 0 Å². The van der Waals surface area contributed by atoms with Gasteiger partial charge < -0.3 is 19.9 Å². The van der Waals surface area contributed by atoms with Gasteiger partial charge in [0.05, 0.1) is 31.9 Å². The zero-order chi connectivity index (χ0) is 22.2. The summed E-state index contributed by atoms with van der Waals surface area (Å²) in [5, 5.41) is 3.10. The van der Waals surface area contributed by atoms with Crippen LogP contribution in [-0.4, -0.2) is 44.1 Å². The highest BCUT2D eigenvalue weighted by molar-refractivity contribution is 5.98. The van der Waals surface area contributed by atoms with Gasteiger partial charge in [-0.05, 0) is 63.4 Å². The van der Waals surface area contributed by atoms with E-state index in [1.807, 2.05) is 48.5 Å². The number of fused-ring (bicyclic) bond motifs is 1. The Morgan fingerprint density at radius 3 is 2.55 bits per heavy atom. The average Bonchev–Trinajstić information content (AvgIpc) is 2.79. The number of nitrogens with zero attached hydrogens (tertiary/aromatic N) is 1. The van der Waals surface area contributed by atoms with E-state index in [9.17, 15) is 9.59 Å². The van der Waals surface area contributed by atoms with Gasteiger partial charge in [-0.2, -0.15) is 0 Å². The number of ether oxygens (including phenoxy) is 1. The van der Waals surface area contributed by atoms with E-state index in [0.717, 1.165) is 49.5 Å². The van der Waals surface area contributed by atoms with E-state index < -0.39 is 0 Å². The maximum absolute atomic E-state index is 12.6. The first kappa shape index (κ1) is 22.8. The number of quaternary nitrogens is 1. The fraction of sp³-hybridized carbons (Fsp3) is 0.440. The van der Waals surface area contributed by atoms with Gasteiger partial charge >= 0.3 is 0 Å². The van der Waals surface area contributed by atoms with Crippen molar-refractivity contribution in [2.75, 3.05) is 31.1 Å². The summed E-state index contributed by atoms with van der Waals surface area (Å²) in [6.07, 6.45) is 2.08. The number of rotatable bonds is 10. The second kappa shape index (κ2) is 11.0. The lowest BCUT2D eigenvalue weighted by Crippen LogP contribution is -3.11. The Morgan fingerprint density at radius 1 is 1.13 bits per heavy atom. The SMILES string of the molecule is CC[NH+](CC)CCC[C@H](C)NC(=O)c1ccc(CN2C(=O)COc3ccccc32)cc1. The Hall–Kier alpha value is -2.86. The molecule has 31 heavy (non-hydrogen) atoms. The Bertz CT molecular complexity index is 878. The van der Waals surface area contributed by atoms with Crippen LogP contribution in [0.3, 0.4) is 0 Å². The number of hydrogen-bond donors (Lipinski definition) is 2. The fourth-order valence-electron chi connectivity index (χ4n) is 3.91. The highest BCUT2D eigenvalue weighted by Crippen LogP contribution is 2.32. The second-order valence-electron chi connectivity index (χ2n) is 8.16. The molecule has 1 atom stereocenters. The summed E-state index contributed by atoms with van der Waals surface area (Å²) in [7, 11) is 0. The molecule has 0 saturated heterocycles. The highest BCUT2D eigenvalue weighted by Gasteiger charge is 2.25. The van der Waals surface area contributed by atoms with Crippen molar-refractivity contribution < 1.29 is 19.2 Å². The predicted octanol–water partition coefficient (Wildman–Crippen LogP) is 2.44. The van der Waals surface area contributed by atoms with Gasteiger partial charge in [-0.1, -0.05) is 24.3 Å². The second-order valence-corrected chi connectivity index (χ2v) is 8.16. The normalized spacial score (nSPS) is 14.2. The van der Waals surface area contributed by atoms with Gasteiger partial charge in [0.25, 0.3) is 11.8 Å². The lowest BCUT2D eigenvalue weighted by molar-refractivity contribution is -0.896. The third kappa shape index (κ3) is 6.07. The number of amides is 2. The molecule has 6 heteroatoms. The van der Waals surface area contributed by atoms with Crippen molar-refractivity contribution in [3.05, 3.63) is 59.7 Å². The van der Waals surface area contributed by atoms with Crippen LogP contribution in [-0.2, 0) is 11.3 Å². The maximum Gasteiger partial charge on any atom is 0.265 e. The van der Waals surface area contributed by atoms with Gasteiger partial charge in [0.2, 0.25) is 0 Å². The molecule has 1 aliphatic heterocycles. The minimum atomic E-state index is -0.0686. The molecule has 2 aromatic carbocycles. The molecule has 0 unspecified atom stereocenters. The molecule has 6 nitrogen and oxygen atoms in total. The van der Waals surface area contributed by atoms with E-state index in [4.69, 9.17) is 4.74 Å². The van der Waals surface area contributed by atoms with Crippen LogP contribution in [0.25, 0.3) is 0 Å². The summed E-state index contributed by atoms with van der Waals surface area (Å²) in [4.78, 5) is 28.3. The molecule has 0 saturated carbocycles. The number of carbonyl (C=O) groups excluding carboxylic acids is 2. The van der Waals surface area contributed by atoms with Crippen LogP contribution in [0.15, 0.2) is 48.5 Å². The lowest BCUT2D eigenvalue weighted by Gasteiger charge is -2.29. The fourth-order valence-corrected chi connectivity index (χ4v) is 3.91. The summed E-state index contributed by atoms with van der Waals surface area (Å²) < 4.78 is 5.50. The molecular weight excluding hydrogens is 390 g/mol. The molecule has 0 aliphatic carbocycles. The predicted molar refractivity (Wildman–Crippen MR) is 123 cm³/mol. The molecule has 0 radical (unpaired) electrons. The topological polar surface area (TPSA) is 63.1 Å². The third-order valence-corrected chi connectivity index (χ3v) is 5.91. The molecule has 0 spiro atoms. The van der Waals surface area contributed by atoms with Gasteiger partial charge in [-0.25, -0.2) is 0 Å². The smallest absolute Gasteiger partial charge is 0.265 e. The number of carbonyl (C=O) groups is 2. The summed E-state index contributed by atoms with van der Waals surface area (Å²) in [5.41, 5.74) is 2.39. The van der Waals surface area contributed by atoms with Crippen molar-refractivity contribution >= 4 is 17.5 Å². The number of para-hydroxylation sites is 2. The minimum Gasteiger partial charge on any atom is -0.482 e. The largest absolute Gasteiger partial charge is 0.482 e. The van der Waals surface area contributed by atoms with Gasteiger partial charge in [0, 0.05) is 11.6 Å². The van der Waals surface area contributed by atoms with Crippen molar-refractivity contribution in [2.24, 2.45) is 0 Å². The maximum atomic E-state index is 12.6. The Labute approximate surface area is 185 Å². The van der Waals surface area contributed by atoms with Gasteiger partial charge in [0.15, 0.2) is 6.61 Å². The van der Waals surface area contributed by atoms with E-state index in [1.54, 1.807) is 9.80 Å². The minimum absolute atomic E-state index is 0.0468. The standard InChI is InChI=1S/C25H33N3O3/c1-4-27(5-2)16-8-9-19(3)26-25(30)21-14-12-20(13-15-21)17-28-22-10-6-7-11-23(22)31-18-24(28)29/h6-7,10-15,19H,4-5,8-9,16-18H2,1-3H3,(H,26,30)/p+1/t19-/m0/s1. The van der Waals surface area contributed by atoms with E-state index in [1.165, 1.54) is 0 Å². The quantitative estimate of drug-likeness (QED) is 0.616. The third-order valence-electron chi connectivity index (χ3n) is 5.91.